The van der Waals surface area contributed by atoms with Gasteiger partial charge in [-0.3, -0.25) is 14.5 Å². The zero-order valence-corrected chi connectivity index (χ0v) is 18.3. The topological polar surface area (TPSA) is 74.1 Å². The molecule has 1 unspecified atom stereocenters. The van der Waals surface area contributed by atoms with Crippen molar-refractivity contribution in [3.8, 4) is 0 Å². The van der Waals surface area contributed by atoms with Gasteiger partial charge in [0, 0.05) is 12.1 Å². The zero-order valence-electron chi connectivity index (χ0n) is 17.4. The Morgan fingerprint density at radius 3 is 2.48 bits per heavy atom. The van der Waals surface area contributed by atoms with Crippen molar-refractivity contribution < 1.29 is 14.0 Å². The summed E-state index contributed by atoms with van der Waals surface area (Å²) >= 11 is 1.25. The standard InChI is InChI=1S/C25H19FN4O2S/c26-18-12-10-16(11-13-18)14-27-21(31)15-33-25-28-20-9-5-4-8-19(20)23-29-24(32)22(30(23)25)17-6-2-1-3-7-17/h1-13,22H,14-15H2,(H,27,31). The van der Waals surface area contributed by atoms with Gasteiger partial charge >= 0.3 is 0 Å². The van der Waals surface area contributed by atoms with Crippen molar-refractivity contribution in [2.24, 2.45) is 9.98 Å². The summed E-state index contributed by atoms with van der Waals surface area (Å²) < 4.78 is 13.1. The summed E-state index contributed by atoms with van der Waals surface area (Å²) in [7, 11) is 0. The van der Waals surface area contributed by atoms with E-state index in [9.17, 15) is 14.0 Å². The average Bonchev–Trinajstić information content (AvgIpc) is 3.20. The lowest BCUT2D eigenvalue weighted by Crippen LogP contribution is -2.39. The third-order valence-electron chi connectivity index (χ3n) is 5.35. The molecule has 0 saturated heterocycles. The lowest BCUT2D eigenvalue weighted by molar-refractivity contribution is -0.120. The van der Waals surface area contributed by atoms with E-state index >= 15 is 0 Å². The Labute approximate surface area is 194 Å². The van der Waals surface area contributed by atoms with Crippen LogP contribution >= 0.6 is 11.8 Å². The van der Waals surface area contributed by atoms with Crippen LogP contribution in [-0.2, 0) is 16.1 Å². The van der Waals surface area contributed by atoms with Gasteiger partial charge in [0.2, 0.25) is 5.91 Å². The number of para-hydroxylation sites is 1. The highest BCUT2D eigenvalue weighted by atomic mass is 32.2. The van der Waals surface area contributed by atoms with E-state index in [4.69, 9.17) is 4.99 Å². The number of rotatable bonds is 5. The van der Waals surface area contributed by atoms with Crippen molar-refractivity contribution in [2.45, 2.75) is 12.6 Å². The van der Waals surface area contributed by atoms with Crippen LogP contribution in [0.4, 0.5) is 10.1 Å². The molecule has 2 amide bonds. The van der Waals surface area contributed by atoms with Crippen LogP contribution in [0.1, 0.15) is 22.7 Å². The van der Waals surface area contributed by atoms with Gasteiger partial charge < -0.3 is 5.32 Å². The number of thioether (sulfide) groups is 1. The van der Waals surface area contributed by atoms with Gasteiger partial charge in [0.05, 0.1) is 11.4 Å². The van der Waals surface area contributed by atoms with E-state index < -0.39 is 6.04 Å². The minimum absolute atomic E-state index is 0.113. The molecule has 164 valence electrons. The second-order valence-corrected chi connectivity index (χ2v) is 8.50. The average molecular weight is 459 g/mol. The number of benzene rings is 3. The first-order chi connectivity index (χ1) is 16.1. The van der Waals surface area contributed by atoms with Crippen LogP contribution in [0.15, 0.2) is 88.8 Å². The fraction of sp³-hybridized carbons (Fsp3) is 0.120. The smallest absolute Gasteiger partial charge is 0.275 e. The van der Waals surface area contributed by atoms with Gasteiger partial charge in [-0.15, -0.1) is 0 Å². The second-order valence-electron chi connectivity index (χ2n) is 7.56. The quantitative estimate of drug-likeness (QED) is 0.622. The van der Waals surface area contributed by atoms with Gasteiger partial charge in [-0.25, -0.2) is 9.38 Å². The zero-order chi connectivity index (χ0) is 22.8. The van der Waals surface area contributed by atoms with Crippen LogP contribution in [0, 0.1) is 5.82 Å². The van der Waals surface area contributed by atoms with Gasteiger partial charge in [0.15, 0.2) is 5.17 Å². The van der Waals surface area contributed by atoms with Crippen LogP contribution < -0.4 is 5.32 Å². The summed E-state index contributed by atoms with van der Waals surface area (Å²) in [5, 5.41) is 3.38. The van der Waals surface area contributed by atoms with Gasteiger partial charge in [-0.2, -0.15) is 4.99 Å². The maximum absolute atomic E-state index is 13.1. The summed E-state index contributed by atoms with van der Waals surface area (Å²) in [5.41, 5.74) is 3.12. The molecule has 3 aromatic rings. The third-order valence-corrected chi connectivity index (χ3v) is 6.31. The highest BCUT2D eigenvalue weighted by Crippen LogP contribution is 2.39. The first kappa shape index (κ1) is 21.1. The van der Waals surface area contributed by atoms with Crippen molar-refractivity contribution in [3.05, 3.63) is 101 Å². The number of nitrogens with one attached hydrogen (secondary N) is 1. The van der Waals surface area contributed by atoms with E-state index in [-0.39, 0.29) is 23.4 Å². The summed E-state index contributed by atoms with van der Waals surface area (Å²) in [4.78, 5) is 36.3. The number of carbonyl (C=O) groups excluding carboxylic acids is 2. The van der Waals surface area contributed by atoms with Gasteiger partial charge in [0.25, 0.3) is 5.91 Å². The van der Waals surface area contributed by atoms with E-state index in [2.05, 4.69) is 10.3 Å². The van der Waals surface area contributed by atoms with Crippen molar-refractivity contribution in [1.29, 1.82) is 0 Å². The van der Waals surface area contributed by atoms with Crippen LogP contribution in [0.3, 0.4) is 0 Å². The summed E-state index contributed by atoms with van der Waals surface area (Å²) in [5.74, 6) is -0.106. The van der Waals surface area contributed by atoms with E-state index in [1.807, 2.05) is 59.5 Å². The molecule has 1 N–H and O–H groups in total. The Hall–Kier alpha value is -3.78. The van der Waals surface area contributed by atoms with E-state index in [0.717, 1.165) is 16.7 Å². The monoisotopic (exact) mass is 458 g/mol. The molecule has 2 aliphatic heterocycles. The van der Waals surface area contributed by atoms with E-state index in [1.54, 1.807) is 12.1 Å². The molecular weight excluding hydrogens is 439 g/mol. The molecule has 0 bridgehead atoms. The molecule has 8 heteroatoms. The molecule has 0 radical (unpaired) electrons. The molecule has 0 saturated carbocycles. The van der Waals surface area contributed by atoms with E-state index in [0.29, 0.717) is 23.2 Å². The molecule has 0 fully saturated rings. The predicted molar refractivity (Wildman–Crippen MR) is 127 cm³/mol. The normalized spacial score (nSPS) is 16.6. The Bertz CT molecular complexity index is 1280. The maximum atomic E-state index is 13.1. The second kappa shape index (κ2) is 8.99. The minimum Gasteiger partial charge on any atom is -0.351 e. The lowest BCUT2D eigenvalue weighted by atomic mass is 10.0. The van der Waals surface area contributed by atoms with E-state index in [1.165, 1.54) is 23.9 Å². The first-order valence-electron chi connectivity index (χ1n) is 10.4. The van der Waals surface area contributed by atoms with Crippen molar-refractivity contribution in [2.75, 3.05) is 5.75 Å². The predicted octanol–water partition coefficient (Wildman–Crippen LogP) is 4.21. The molecule has 6 nitrogen and oxygen atoms in total. The number of nitrogens with zero attached hydrogens (tertiary/aromatic N) is 3. The van der Waals surface area contributed by atoms with Crippen molar-refractivity contribution >= 4 is 40.3 Å². The van der Waals surface area contributed by atoms with Crippen molar-refractivity contribution in [1.82, 2.24) is 10.2 Å². The van der Waals surface area contributed by atoms with Crippen molar-refractivity contribution in [3.63, 3.8) is 0 Å². The number of fused-ring (bicyclic) bond motifs is 3. The number of amides is 2. The summed E-state index contributed by atoms with van der Waals surface area (Å²) in [6.45, 7) is 0.302. The number of aliphatic imine (C=N–C) groups is 2. The van der Waals surface area contributed by atoms with Crippen LogP contribution in [0.2, 0.25) is 0 Å². The SMILES string of the molecule is O=C(CSC1=Nc2ccccc2C2=NC(=O)C(c3ccccc3)N12)NCc1ccc(F)cc1. The molecule has 3 aromatic carbocycles. The fourth-order valence-electron chi connectivity index (χ4n) is 3.77. The molecule has 0 aromatic heterocycles. The molecule has 1 atom stereocenters. The summed E-state index contributed by atoms with van der Waals surface area (Å²) in [6, 6.07) is 22.3. The Morgan fingerprint density at radius 2 is 1.70 bits per heavy atom. The van der Waals surface area contributed by atoms with Gasteiger partial charge in [-0.05, 0) is 35.4 Å². The largest absolute Gasteiger partial charge is 0.351 e. The Kier molecular flexibility index (Phi) is 5.75. The molecule has 0 aliphatic carbocycles. The molecule has 2 aliphatic rings. The Morgan fingerprint density at radius 1 is 0.970 bits per heavy atom. The molecular formula is C25H19FN4O2S. The number of amidine groups is 2. The first-order valence-corrected chi connectivity index (χ1v) is 11.4. The lowest BCUT2D eigenvalue weighted by Gasteiger charge is -2.31. The Balaban J connectivity index is 1.36. The van der Waals surface area contributed by atoms with Gasteiger partial charge in [0.1, 0.15) is 17.7 Å². The highest BCUT2D eigenvalue weighted by molar-refractivity contribution is 8.14. The molecule has 5 rings (SSSR count). The molecule has 33 heavy (non-hydrogen) atoms. The number of hydrogen-bond acceptors (Lipinski definition) is 5. The van der Waals surface area contributed by atoms with Gasteiger partial charge in [-0.1, -0.05) is 66.4 Å². The maximum Gasteiger partial charge on any atom is 0.275 e. The number of hydrogen-bond donors (Lipinski definition) is 1. The van der Waals surface area contributed by atoms with Crippen LogP contribution in [-0.4, -0.2) is 33.5 Å². The number of carbonyl (C=O) groups is 2. The third kappa shape index (κ3) is 4.29. The minimum atomic E-state index is -0.622. The fourth-order valence-corrected chi connectivity index (χ4v) is 4.63. The molecule has 2 heterocycles. The highest BCUT2D eigenvalue weighted by Gasteiger charge is 2.42. The number of halogens is 1. The summed E-state index contributed by atoms with van der Waals surface area (Å²) in [6.07, 6.45) is 0. The van der Waals surface area contributed by atoms with Crippen LogP contribution in [0.25, 0.3) is 0 Å². The van der Waals surface area contributed by atoms with Crippen LogP contribution in [0.5, 0.6) is 0 Å². The molecule has 0 spiro atoms.